The quantitative estimate of drug-likeness (QED) is 0.473. The maximum Gasteiger partial charge on any atom is 0.283 e. The highest BCUT2D eigenvalue weighted by Crippen LogP contribution is 1.99. The maximum absolute atomic E-state index is 11.3. The van der Waals surface area contributed by atoms with Gasteiger partial charge in [-0.15, -0.1) is 0 Å². The smallest absolute Gasteiger partial charge is 0.283 e. The fourth-order valence-electron chi connectivity index (χ4n) is 0.957. The molecule has 0 aromatic carbocycles. The highest BCUT2D eigenvalue weighted by Gasteiger charge is 2.17. The molecule has 0 fully saturated rings. The molecule has 70 valence electrons. The summed E-state index contributed by atoms with van der Waals surface area (Å²) in [5, 5.41) is 0. The summed E-state index contributed by atoms with van der Waals surface area (Å²) in [6.07, 6.45) is 2.30. The van der Waals surface area contributed by atoms with Gasteiger partial charge < -0.3 is 8.99 Å². The molecule has 0 saturated heterocycles. The average molecular weight is 187 g/mol. The fourth-order valence-corrected chi connectivity index (χ4v) is 2.30. The Bertz CT molecular complexity index is 161. The van der Waals surface area contributed by atoms with E-state index in [9.17, 15) is 4.79 Å². The minimum absolute atomic E-state index is 0.0159. The van der Waals surface area contributed by atoms with E-state index in [1.807, 2.05) is 13.5 Å². The van der Waals surface area contributed by atoms with Crippen molar-refractivity contribution in [1.29, 1.82) is 0 Å². The Morgan fingerprint density at radius 1 is 1.75 bits per heavy atom. The van der Waals surface area contributed by atoms with Gasteiger partial charge in [-0.25, -0.2) is 0 Å². The van der Waals surface area contributed by atoms with Gasteiger partial charge in [0, 0.05) is 13.7 Å². The van der Waals surface area contributed by atoms with E-state index in [0.717, 1.165) is 13.0 Å². The maximum atomic E-state index is 11.3. The van der Waals surface area contributed by atoms with Crippen molar-refractivity contribution in [3.63, 3.8) is 0 Å². The van der Waals surface area contributed by atoms with Gasteiger partial charge in [0.05, 0.1) is 0 Å². The van der Waals surface area contributed by atoms with Gasteiger partial charge in [-0.1, -0.05) is 13.5 Å². The molecule has 4 heteroatoms. The van der Waals surface area contributed by atoms with Gasteiger partial charge in [-0.05, 0) is 19.0 Å². The Labute approximate surface area is 75.8 Å². The minimum Gasteiger partial charge on any atom is -0.404 e. The molecule has 0 saturated carbocycles. The molecule has 0 spiro atoms. The number of hydrogen-bond donors (Lipinski definition) is 0. The Hall–Kier alpha value is -0.613. The molecule has 0 aliphatic heterocycles. The predicted molar refractivity (Wildman–Crippen MR) is 52.2 cm³/mol. The first-order valence-electron chi connectivity index (χ1n) is 4.13. The van der Waals surface area contributed by atoms with Crippen molar-refractivity contribution in [1.82, 2.24) is 4.57 Å². The fraction of sp³-hybridized carbons (Fsp3) is 0.625. The molecule has 0 aliphatic rings. The summed E-state index contributed by atoms with van der Waals surface area (Å²) in [6.45, 7) is 8.25. The molecule has 0 rings (SSSR count). The number of carbonyl (C=O) groups excluding carboxylic acids is 1. The molecular formula is C8H17NO2Si. The molecular weight excluding hydrogens is 170 g/mol. The second-order valence-electron chi connectivity index (χ2n) is 2.57. The molecule has 0 aromatic rings. The summed E-state index contributed by atoms with van der Waals surface area (Å²) < 4.78 is 6.97. The average Bonchev–Trinajstić information content (AvgIpc) is 2.11. The standard InChI is InChI=1S/C8H17NO2Si/c1-5-7-9(8(10)6-2)12(4)11-3/h6,12H,2,5,7H2,1,3-4H3. The molecule has 12 heavy (non-hydrogen) atoms. The van der Waals surface area contributed by atoms with E-state index in [1.165, 1.54) is 6.08 Å². The van der Waals surface area contributed by atoms with Gasteiger partial charge >= 0.3 is 0 Å². The Balaban J connectivity index is 4.20. The van der Waals surface area contributed by atoms with Crippen molar-refractivity contribution in [3.8, 4) is 0 Å². The van der Waals surface area contributed by atoms with Crippen LogP contribution in [-0.4, -0.2) is 33.3 Å². The summed E-state index contributed by atoms with van der Waals surface area (Å²) in [4.78, 5) is 11.3. The predicted octanol–water partition coefficient (Wildman–Crippen LogP) is 0.908. The van der Waals surface area contributed by atoms with Crippen molar-refractivity contribution in [2.75, 3.05) is 13.7 Å². The van der Waals surface area contributed by atoms with Crippen molar-refractivity contribution in [3.05, 3.63) is 12.7 Å². The summed E-state index contributed by atoms with van der Waals surface area (Å²) in [5.41, 5.74) is 0. The van der Waals surface area contributed by atoms with Crippen LogP contribution in [0.3, 0.4) is 0 Å². The largest absolute Gasteiger partial charge is 0.404 e. The highest BCUT2D eigenvalue weighted by atomic mass is 28.3. The summed E-state index contributed by atoms with van der Waals surface area (Å²) in [5.74, 6) is -0.0159. The third kappa shape index (κ3) is 3.19. The van der Waals surface area contributed by atoms with Gasteiger partial charge in [0.15, 0.2) is 0 Å². The molecule has 1 atom stereocenters. The number of carbonyl (C=O) groups is 1. The molecule has 0 heterocycles. The zero-order valence-electron chi connectivity index (χ0n) is 8.04. The highest BCUT2D eigenvalue weighted by molar-refractivity contribution is 6.50. The van der Waals surface area contributed by atoms with Crippen molar-refractivity contribution in [2.45, 2.75) is 19.9 Å². The molecule has 1 amide bonds. The molecule has 0 radical (unpaired) electrons. The third-order valence-corrected chi connectivity index (χ3v) is 3.77. The lowest BCUT2D eigenvalue weighted by Crippen LogP contribution is -2.42. The summed E-state index contributed by atoms with van der Waals surface area (Å²) in [6, 6.07) is 0. The zero-order chi connectivity index (χ0) is 9.56. The van der Waals surface area contributed by atoms with Gasteiger partial charge in [0.2, 0.25) is 5.91 Å². The van der Waals surface area contributed by atoms with E-state index in [-0.39, 0.29) is 5.91 Å². The molecule has 0 aromatic heterocycles. The van der Waals surface area contributed by atoms with Crippen LogP contribution in [0.15, 0.2) is 12.7 Å². The Morgan fingerprint density at radius 2 is 2.33 bits per heavy atom. The Morgan fingerprint density at radius 3 is 2.67 bits per heavy atom. The van der Waals surface area contributed by atoms with E-state index in [2.05, 4.69) is 6.58 Å². The van der Waals surface area contributed by atoms with Crippen LogP contribution >= 0.6 is 0 Å². The number of rotatable bonds is 5. The number of hydrogen-bond acceptors (Lipinski definition) is 2. The minimum atomic E-state index is -1.48. The van der Waals surface area contributed by atoms with Gasteiger partial charge in [-0.2, -0.15) is 0 Å². The lowest BCUT2D eigenvalue weighted by atomic mass is 10.4. The van der Waals surface area contributed by atoms with Crippen LogP contribution in [0, 0.1) is 0 Å². The molecule has 1 unspecified atom stereocenters. The summed E-state index contributed by atoms with van der Waals surface area (Å²) in [7, 11) is 0.172. The lowest BCUT2D eigenvalue weighted by Gasteiger charge is -2.25. The second-order valence-corrected chi connectivity index (χ2v) is 4.86. The Kier molecular flexibility index (Phi) is 5.66. The molecule has 0 N–H and O–H groups in total. The zero-order valence-corrected chi connectivity index (χ0v) is 9.19. The lowest BCUT2D eigenvalue weighted by molar-refractivity contribution is -0.122. The van der Waals surface area contributed by atoms with E-state index < -0.39 is 9.20 Å². The molecule has 0 aliphatic carbocycles. The van der Waals surface area contributed by atoms with Crippen LogP contribution < -0.4 is 0 Å². The number of nitrogens with zero attached hydrogens (tertiary/aromatic N) is 1. The van der Waals surface area contributed by atoms with E-state index >= 15 is 0 Å². The van der Waals surface area contributed by atoms with Crippen LogP contribution in [0.4, 0.5) is 0 Å². The van der Waals surface area contributed by atoms with Crippen LogP contribution in [0.5, 0.6) is 0 Å². The third-order valence-electron chi connectivity index (χ3n) is 1.70. The van der Waals surface area contributed by atoms with E-state index in [1.54, 1.807) is 11.7 Å². The first-order valence-corrected chi connectivity index (χ1v) is 6.27. The van der Waals surface area contributed by atoms with Crippen LogP contribution in [-0.2, 0) is 9.22 Å². The molecule has 0 bridgehead atoms. The first kappa shape index (κ1) is 11.4. The van der Waals surface area contributed by atoms with Crippen molar-refractivity contribution >= 4 is 15.1 Å². The van der Waals surface area contributed by atoms with Crippen LogP contribution in [0.25, 0.3) is 0 Å². The molecule has 3 nitrogen and oxygen atoms in total. The SMILES string of the molecule is C=CC(=O)N(CCC)[SiH](C)OC. The first-order chi connectivity index (χ1) is 5.67. The van der Waals surface area contributed by atoms with E-state index in [4.69, 9.17) is 4.43 Å². The monoisotopic (exact) mass is 187 g/mol. The van der Waals surface area contributed by atoms with Gasteiger partial charge in [-0.3, -0.25) is 4.79 Å². The normalized spacial score (nSPS) is 12.2. The van der Waals surface area contributed by atoms with Crippen LogP contribution in [0.2, 0.25) is 6.55 Å². The second kappa shape index (κ2) is 5.96. The topological polar surface area (TPSA) is 29.5 Å². The van der Waals surface area contributed by atoms with Crippen molar-refractivity contribution in [2.24, 2.45) is 0 Å². The summed E-state index contributed by atoms with van der Waals surface area (Å²) >= 11 is 0. The van der Waals surface area contributed by atoms with Gasteiger partial charge in [0.1, 0.15) is 0 Å². The van der Waals surface area contributed by atoms with Crippen LogP contribution in [0.1, 0.15) is 13.3 Å². The van der Waals surface area contributed by atoms with Gasteiger partial charge in [0.25, 0.3) is 9.20 Å². The number of amides is 1. The van der Waals surface area contributed by atoms with E-state index in [0.29, 0.717) is 0 Å². The van der Waals surface area contributed by atoms with Crippen molar-refractivity contribution < 1.29 is 9.22 Å².